The second-order valence-electron chi connectivity index (χ2n) is 6.11. The minimum Gasteiger partial charge on any atom is -0.381 e. The molecule has 4 rings (SSSR count). The van der Waals surface area contributed by atoms with Crippen LogP contribution in [0.3, 0.4) is 0 Å². The van der Waals surface area contributed by atoms with Crippen LogP contribution in [0.25, 0.3) is 10.9 Å². The molecule has 3 heteroatoms. The Morgan fingerprint density at radius 3 is 3.10 bits per heavy atom. The van der Waals surface area contributed by atoms with Crippen molar-refractivity contribution in [2.24, 2.45) is 0 Å². The zero-order chi connectivity index (χ0) is 13.4. The number of para-hydroxylation sites is 1. The van der Waals surface area contributed by atoms with Crippen LogP contribution in [0.4, 0.5) is 5.69 Å². The maximum absolute atomic E-state index is 4.54. The van der Waals surface area contributed by atoms with Crippen molar-refractivity contribution in [1.29, 1.82) is 0 Å². The summed E-state index contributed by atoms with van der Waals surface area (Å²) in [5.74, 6) is 0. The predicted octanol–water partition coefficient (Wildman–Crippen LogP) is 3.27. The lowest BCUT2D eigenvalue weighted by Crippen LogP contribution is -2.42. The summed E-state index contributed by atoms with van der Waals surface area (Å²) in [6.07, 6.45) is 7.28. The van der Waals surface area contributed by atoms with E-state index in [0.29, 0.717) is 6.04 Å². The molecule has 2 saturated heterocycles. The lowest BCUT2D eigenvalue weighted by Gasteiger charge is -2.35. The molecular formula is C17H21N3. The van der Waals surface area contributed by atoms with E-state index >= 15 is 0 Å². The lowest BCUT2D eigenvalue weighted by atomic mass is 9.97. The molecule has 104 valence electrons. The summed E-state index contributed by atoms with van der Waals surface area (Å²) in [5.41, 5.74) is 2.24. The van der Waals surface area contributed by atoms with Crippen LogP contribution >= 0.6 is 0 Å². The number of piperidine rings is 1. The van der Waals surface area contributed by atoms with E-state index in [1.165, 1.54) is 49.8 Å². The van der Waals surface area contributed by atoms with Gasteiger partial charge in [0.15, 0.2) is 0 Å². The van der Waals surface area contributed by atoms with Crippen LogP contribution in [0.5, 0.6) is 0 Å². The van der Waals surface area contributed by atoms with Gasteiger partial charge < -0.3 is 10.2 Å². The van der Waals surface area contributed by atoms with Crippen molar-refractivity contribution in [3.05, 3.63) is 36.5 Å². The van der Waals surface area contributed by atoms with Gasteiger partial charge in [-0.25, -0.2) is 0 Å². The van der Waals surface area contributed by atoms with Gasteiger partial charge in [0.2, 0.25) is 0 Å². The Morgan fingerprint density at radius 2 is 2.10 bits per heavy atom. The van der Waals surface area contributed by atoms with Crippen molar-refractivity contribution in [3.63, 3.8) is 0 Å². The molecule has 0 radical (unpaired) electrons. The number of fused-ring (bicyclic) bond motifs is 2. The average Bonchev–Trinajstić information content (AvgIpc) is 2.95. The first-order valence-corrected chi connectivity index (χ1v) is 7.74. The summed E-state index contributed by atoms with van der Waals surface area (Å²) in [6, 6.07) is 12.0. The van der Waals surface area contributed by atoms with E-state index in [0.717, 1.165) is 11.6 Å². The molecule has 1 aromatic carbocycles. The van der Waals surface area contributed by atoms with Crippen molar-refractivity contribution in [1.82, 2.24) is 9.88 Å². The molecule has 3 nitrogen and oxygen atoms in total. The monoisotopic (exact) mass is 267 g/mol. The molecule has 20 heavy (non-hydrogen) atoms. The molecule has 0 amide bonds. The maximum atomic E-state index is 4.54. The number of nitrogens with zero attached hydrogens (tertiary/aromatic N) is 2. The van der Waals surface area contributed by atoms with E-state index in [9.17, 15) is 0 Å². The highest BCUT2D eigenvalue weighted by Gasteiger charge is 2.31. The van der Waals surface area contributed by atoms with Gasteiger partial charge in [0.25, 0.3) is 0 Å². The quantitative estimate of drug-likeness (QED) is 0.905. The first kappa shape index (κ1) is 12.2. The number of pyridine rings is 1. The molecule has 2 aliphatic rings. The molecule has 3 heterocycles. The van der Waals surface area contributed by atoms with Gasteiger partial charge in [0.05, 0.1) is 17.4 Å². The zero-order valence-electron chi connectivity index (χ0n) is 11.8. The highest BCUT2D eigenvalue weighted by Crippen LogP contribution is 2.28. The van der Waals surface area contributed by atoms with E-state index in [4.69, 9.17) is 0 Å². The van der Waals surface area contributed by atoms with Gasteiger partial charge in [0, 0.05) is 24.0 Å². The summed E-state index contributed by atoms with van der Waals surface area (Å²) in [6.45, 7) is 2.57. The Bertz CT molecular complexity index is 610. The third kappa shape index (κ3) is 2.27. The molecule has 2 aromatic rings. The minimum absolute atomic E-state index is 0.609. The number of benzene rings is 1. The van der Waals surface area contributed by atoms with Gasteiger partial charge in [-0.3, -0.25) is 4.98 Å². The van der Waals surface area contributed by atoms with Crippen LogP contribution < -0.4 is 5.32 Å². The Hall–Kier alpha value is -1.61. The smallest absolute Gasteiger partial charge is 0.0703 e. The van der Waals surface area contributed by atoms with Crippen LogP contribution in [-0.2, 0) is 0 Å². The Labute approximate surface area is 120 Å². The van der Waals surface area contributed by atoms with Gasteiger partial charge in [0.1, 0.15) is 0 Å². The average molecular weight is 267 g/mol. The predicted molar refractivity (Wildman–Crippen MR) is 83.0 cm³/mol. The molecule has 0 spiro atoms. The topological polar surface area (TPSA) is 28.2 Å². The Morgan fingerprint density at radius 1 is 1.15 bits per heavy atom. The second-order valence-corrected chi connectivity index (χ2v) is 6.11. The standard InChI is InChI=1S/C17H21N3/c1-2-6-17-13(4-1)10-15(12-18-17)19-14-7-9-20-8-3-5-16(20)11-14/h1-2,4,6,10,12,14,16,19H,3,5,7-9,11H2. The highest BCUT2D eigenvalue weighted by molar-refractivity contribution is 5.81. The molecule has 2 unspecified atom stereocenters. The Kier molecular flexibility index (Phi) is 3.07. The SMILES string of the molecule is c1ccc2ncc(NC3CCN4CCCC4C3)cc2c1. The fourth-order valence-corrected chi connectivity index (χ4v) is 3.74. The molecule has 2 aliphatic heterocycles. The Balaban J connectivity index is 1.49. The van der Waals surface area contributed by atoms with Gasteiger partial charge in [-0.15, -0.1) is 0 Å². The first-order valence-electron chi connectivity index (χ1n) is 7.74. The van der Waals surface area contributed by atoms with Crippen molar-refractivity contribution < 1.29 is 0 Å². The minimum atomic E-state index is 0.609. The van der Waals surface area contributed by atoms with Gasteiger partial charge in [-0.1, -0.05) is 18.2 Å². The van der Waals surface area contributed by atoms with Gasteiger partial charge >= 0.3 is 0 Å². The summed E-state index contributed by atoms with van der Waals surface area (Å²) in [7, 11) is 0. The van der Waals surface area contributed by atoms with Crippen molar-refractivity contribution in [3.8, 4) is 0 Å². The van der Waals surface area contributed by atoms with E-state index in [1.807, 2.05) is 12.3 Å². The number of hydrogen-bond donors (Lipinski definition) is 1. The van der Waals surface area contributed by atoms with Crippen LogP contribution in [-0.4, -0.2) is 35.1 Å². The normalized spacial score (nSPS) is 26.6. The largest absolute Gasteiger partial charge is 0.381 e. The fraction of sp³-hybridized carbons (Fsp3) is 0.471. The van der Waals surface area contributed by atoms with E-state index in [1.54, 1.807) is 0 Å². The number of rotatable bonds is 2. The van der Waals surface area contributed by atoms with Crippen molar-refractivity contribution in [2.45, 2.75) is 37.8 Å². The van der Waals surface area contributed by atoms with Crippen molar-refractivity contribution >= 4 is 16.6 Å². The number of anilines is 1. The summed E-state index contributed by atoms with van der Waals surface area (Å²) >= 11 is 0. The van der Waals surface area contributed by atoms with Crippen molar-refractivity contribution in [2.75, 3.05) is 18.4 Å². The van der Waals surface area contributed by atoms with E-state index in [2.05, 4.69) is 39.5 Å². The molecule has 0 aliphatic carbocycles. The third-order valence-corrected chi connectivity index (χ3v) is 4.78. The summed E-state index contributed by atoms with van der Waals surface area (Å²) in [4.78, 5) is 7.20. The molecule has 2 fully saturated rings. The molecule has 0 saturated carbocycles. The molecule has 0 bridgehead atoms. The highest BCUT2D eigenvalue weighted by atomic mass is 15.2. The number of nitrogens with one attached hydrogen (secondary N) is 1. The number of hydrogen-bond acceptors (Lipinski definition) is 3. The van der Waals surface area contributed by atoms with Crippen LogP contribution in [0.1, 0.15) is 25.7 Å². The molecule has 1 N–H and O–H groups in total. The summed E-state index contributed by atoms with van der Waals surface area (Å²) < 4.78 is 0. The molecule has 1 aromatic heterocycles. The molecule has 2 atom stereocenters. The summed E-state index contributed by atoms with van der Waals surface area (Å²) in [5, 5.41) is 4.91. The van der Waals surface area contributed by atoms with Crippen LogP contribution in [0.2, 0.25) is 0 Å². The third-order valence-electron chi connectivity index (χ3n) is 4.78. The maximum Gasteiger partial charge on any atom is 0.0703 e. The van der Waals surface area contributed by atoms with E-state index < -0.39 is 0 Å². The van der Waals surface area contributed by atoms with Crippen LogP contribution in [0, 0.1) is 0 Å². The second kappa shape index (κ2) is 5.06. The zero-order valence-corrected chi connectivity index (χ0v) is 11.8. The van der Waals surface area contributed by atoms with E-state index in [-0.39, 0.29) is 0 Å². The van der Waals surface area contributed by atoms with Gasteiger partial charge in [-0.05, 0) is 44.4 Å². The van der Waals surface area contributed by atoms with Crippen LogP contribution in [0.15, 0.2) is 36.5 Å². The van der Waals surface area contributed by atoms with Gasteiger partial charge in [-0.2, -0.15) is 0 Å². The lowest BCUT2D eigenvalue weighted by molar-refractivity contribution is 0.188. The molecular weight excluding hydrogens is 246 g/mol. The number of aromatic nitrogens is 1. The fourth-order valence-electron chi connectivity index (χ4n) is 3.74. The first-order chi connectivity index (χ1) is 9.88.